The van der Waals surface area contributed by atoms with Crippen LogP contribution in [0.5, 0.6) is 0 Å². The van der Waals surface area contributed by atoms with Crippen molar-refractivity contribution < 1.29 is 4.79 Å². The normalized spacial score (nSPS) is 12.5. The molecule has 1 unspecified atom stereocenters. The van der Waals surface area contributed by atoms with E-state index in [2.05, 4.69) is 31.3 Å². The number of aryl methyl sites for hydroxylation is 1. The fourth-order valence-corrected chi connectivity index (χ4v) is 2.47. The summed E-state index contributed by atoms with van der Waals surface area (Å²) in [5.74, 6) is 0.200. The van der Waals surface area contributed by atoms with Gasteiger partial charge in [-0.05, 0) is 38.9 Å². The molecular formula is C13H22N2OS. The minimum atomic E-state index is 0.200. The molecule has 1 aromatic heterocycles. The highest BCUT2D eigenvalue weighted by molar-refractivity contribution is 7.12. The van der Waals surface area contributed by atoms with Crippen LogP contribution in [0.15, 0.2) is 12.1 Å². The van der Waals surface area contributed by atoms with Crippen molar-refractivity contribution in [3.63, 3.8) is 0 Å². The molecule has 0 bridgehead atoms. The molecule has 1 heterocycles. The molecule has 1 atom stereocenters. The third-order valence-corrected chi connectivity index (χ3v) is 3.89. The predicted molar refractivity (Wildman–Crippen MR) is 73.4 cm³/mol. The number of rotatable bonds is 6. The Labute approximate surface area is 108 Å². The lowest BCUT2D eigenvalue weighted by molar-refractivity contribution is -0.128. The van der Waals surface area contributed by atoms with Crippen LogP contribution in [0.25, 0.3) is 0 Å². The molecule has 0 aliphatic rings. The van der Waals surface area contributed by atoms with Crippen LogP contribution in [0.2, 0.25) is 0 Å². The lowest BCUT2D eigenvalue weighted by Crippen LogP contribution is -2.24. The summed E-state index contributed by atoms with van der Waals surface area (Å²) in [7, 11) is 3.60. The van der Waals surface area contributed by atoms with Crippen molar-refractivity contribution in [2.75, 3.05) is 20.6 Å². The second kappa shape index (κ2) is 6.77. The summed E-state index contributed by atoms with van der Waals surface area (Å²) < 4.78 is 0. The molecule has 1 rings (SSSR count). The molecule has 1 N–H and O–H groups in total. The molecule has 0 aromatic carbocycles. The maximum absolute atomic E-state index is 11.4. The van der Waals surface area contributed by atoms with E-state index in [0.717, 1.165) is 13.0 Å². The fraction of sp³-hybridized carbons (Fsp3) is 0.615. The van der Waals surface area contributed by atoms with Crippen LogP contribution >= 0.6 is 11.3 Å². The number of nitrogens with zero attached hydrogens (tertiary/aromatic N) is 1. The van der Waals surface area contributed by atoms with Gasteiger partial charge in [-0.1, -0.05) is 0 Å². The van der Waals surface area contributed by atoms with Crippen LogP contribution in [0.3, 0.4) is 0 Å². The molecule has 3 nitrogen and oxygen atoms in total. The molecule has 96 valence electrons. The summed E-state index contributed by atoms with van der Waals surface area (Å²) in [6.45, 7) is 5.17. The zero-order valence-corrected chi connectivity index (χ0v) is 11.9. The van der Waals surface area contributed by atoms with Crippen molar-refractivity contribution in [2.45, 2.75) is 32.7 Å². The second-order valence-corrected chi connectivity index (χ2v) is 5.84. The maximum atomic E-state index is 11.4. The number of hydrogen-bond donors (Lipinski definition) is 1. The molecule has 4 heteroatoms. The van der Waals surface area contributed by atoms with Crippen molar-refractivity contribution >= 4 is 17.2 Å². The van der Waals surface area contributed by atoms with Gasteiger partial charge < -0.3 is 10.2 Å². The van der Waals surface area contributed by atoms with Crippen molar-refractivity contribution in [3.05, 3.63) is 21.9 Å². The Bertz CT molecular complexity index is 360. The highest BCUT2D eigenvalue weighted by Gasteiger charge is 2.07. The van der Waals surface area contributed by atoms with Crippen LogP contribution in [0.4, 0.5) is 0 Å². The first kappa shape index (κ1) is 14.2. The quantitative estimate of drug-likeness (QED) is 0.791. The van der Waals surface area contributed by atoms with E-state index < -0.39 is 0 Å². The smallest absolute Gasteiger partial charge is 0.222 e. The minimum Gasteiger partial charge on any atom is -0.349 e. The van der Waals surface area contributed by atoms with E-state index in [0.29, 0.717) is 12.5 Å². The van der Waals surface area contributed by atoms with Gasteiger partial charge in [0.25, 0.3) is 0 Å². The van der Waals surface area contributed by atoms with E-state index in [1.165, 1.54) is 9.75 Å². The molecular weight excluding hydrogens is 232 g/mol. The summed E-state index contributed by atoms with van der Waals surface area (Å²) in [6.07, 6.45) is 1.52. The summed E-state index contributed by atoms with van der Waals surface area (Å²) in [4.78, 5) is 15.7. The zero-order valence-electron chi connectivity index (χ0n) is 11.1. The van der Waals surface area contributed by atoms with Gasteiger partial charge in [0, 0.05) is 36.3 Å². The Morgan fingerprint density at radius 1 is 1.47 bits per heavy atom. The molecule has 0 spiro atoms. The fourth-order valence-electron chi connectivity index (χ4n) is 1.57. The van der Waals surface area contributed by atoms with E-state index in [-0.39, 0.29) is 5.91 Å². The van der Waals surface area contributed by atoms with E-state index >= 15 is 0 Å². The molecule has 0 saturated heterocycles. The number of hydrogen-bond acceptors (Lipinski definition) is 3. The number of carbonyl (C=O) groups excluding carboxylic acids is 1. The van der Waals surface area contributed by atoms with Crippen LogP contribution in [-0.2, 0) is 4.79 Å². The number of carbonyl (C=O) groups is 1. The Hall–Kier alpha value is -0.870. The molecule has 0 aliphatic heterocycles. The lowest BCUT2D eigenvalue weighted by Gasteiger charge is -2.13. The summed E-state index contributed by atoms with van der Waals surface area (Å²) in [5, 5.41) is 3.45. The van der Waals surface area contributed by atoms with Crippen LogP contribution in [0, 0.1) is 6.92 Å². The van der Waals surface area contributed by atoms with Crippen molar-refractivity contribution in [3.8, 4) is 0 Å². The first-order valence-corrected chi connectivity index (χ1v) is 6.82. The molecule has 0 radical (unpaired) electrons. The largest absolute Gasteiger partial charge is 0.349 e. The first-order valence-electron chi connectivity index (χ1n) is 6.00. The number of amides is 1. The molecule has 1 amide bonds. The third kappa shape index (κ3) is 4.88. The highest BCUT2D eigenvalue weighted by Crippen LogP contribution is 2.22. The topological polar surface area (TPSA) is 32.3 Å². The Morgan fingerprint density at radius 3 is 2.71 bits per heavy atom. The van der Waals surface area contributed by atoms with Crippen LogP contribution < -0.4 is 5.32 Å². The van der Waals surface area contributed by atoms with E-state index in [4.69, 9.17) is 0 Å². The average Bonchev–Trinajstić information content (AvgIpc) is 2.70. The van der Waals surface area contributed by atoms with Gasteiger partial charge >= 0.3 is 0 Å². The van der Waals surface area contributed by atoms with Gasteiger partial charge in [-0.25, -0.2) is 0 Å². The average molecular weight is 254 g/mol. The van der Waals surface area contributed by atoms with Gasteiger partial charge in [0.05, 0.1) is 0 Å². The number of nitrogens with one attached hydrogen (secondary N) is 1. The van der Waals surface area contributed by atoms with Crippen molar-refractivity contribution in [1.29, 1.82) is 0 Å². The Kier molecular flexibility index (Phi) is 5.65. The molecule has 0 saturated carbocycles. The standard InChI is InChI=1S/C13H22N2OS/c1-10-7-8-12(17-10)11(2)14-9-5-6-13(16)15(3)4/h7-8,11,14H,5-6,9H2,1-4H3. The molecule has 17 heavy (non-hydrogen) atoms. The summed E-state index contributed by atoms with van der Waals surface area (Å²) >= 11 is 1.83. The van der Waals surface area contributed by atoms with Crippen LogP contribution in [-0.4, -0.2) is 31.4 Å². The zero-order chi connectivity index (χ0) is 12.8. The molecule has 0 fully saturated rings. The molecule has 0 aliphatic carbocycles. The van der Waals surface area contributed by atoms with E-state index in [1.807, 2.05) is 11.3 Å². The highest BCUT2D eigenvalue weighted by atomic mass is 32.1. The molecule has 1 aromatic rings. The maximum Gasteiger partial charge on any atom is 0.222 e. The van der Waals surface area contributed by atoms with Crippen molar-refractivity contribution in [2.24, 2.45) is 0 Å². The SMILES string of the molecule is Cc1ccc(C(C)NCCCC(=O)N(C)C)s1. The Morgan fingerprint density at radius 2 is 2.18 bits per heavy atom. The Balaban J connectivity index is 2.21. The minimum absolute atomic E-state index is 0.200. The van der Waals surface area contributed by atoms with Gasteiger partial charge in [-0.2, -0.15) is 0 Å². The summed E-state index contributed by atoms with van der Waals surface area (Å²) in [6, 6.07) is 4.69. The summed E-state index contributed by atoms with van der Waals surface area (Å²) in [5.41, 5.74) is 0. The van der Waals surface area contributed by atoms with Gasteiger partial charge in [-0.15, -0.1) is 11.3 Å². The number of thiophene rings is 1. The monoisotopic (exact) mass is 254 g/mol. The van der Waals surface area contributed by atoms with Crippen molar-refractivity contribution in [1.82, 2.24) is 10.2 Å². The van der Waals surface area contributed by atoms with E-state index in [9.17, 15) is 4.79 Å². The van der Waals surface area contributed by atoms with E-state index in [1.54, 1.807) is 19.0 Å². The first-order chi connectivity index (χ1) is 8.00. The van der Waals surface area contributed by atoms with Crippen LogP contribution in [0.1, 0.15) is 35.6 Å². The van der Waals surface area contributed by atoms with Gasteiger partial charge in [0.15, 0.2) is 0 Å². The predicted octanol–water partition coefficient (Wildman–Crippen LogP) is 2.58. The third-order valence-electron chi connectivity index (χ3n) is 2.70. The lowest BCUT2D eigenvalue weighted by atomic mass is 10.2. The van der Waals surface area contributed by atoms with Gasteiger partial charge in [0.2, 0.25) is 5.91 Å². The van der Waals surface area contributed by atoms with Gasteiger partial charge in [0.1, 0.15) is 0 Å². The van der Waals surface area contributed by atoms with Gasteiger partial charge in [-0.3, -0.25) is 4.79 Å². The second-order valence-electron chi connectivity index (χ2n) is 4.52.